The van der Waals surface area contributed by atoms with Gasteiger partial charge in [0.15, 0.2) is 27.3 Å². The van der Waals surface area contributed by atoms with Crippen LogP contribution in [0.4, 0.5) is 4.39 Å². The summed E-state index contributed by atoms with van der Waals surface area (Å²) in [6.07, 6.45) is 6.51. The lowest BCUT2D eigenvalue weighted by atomic mass is 10.2. The minimum absolute atomic E-state index is 0.00570. The predicted octanol–water partition coefficient (Wildman–Crippen LogP) is 2.22. The minimum Gasteiger partial charge on any atom is -0.494 e. The van der Waals surface area contributed by atoms with Gasteiger partial charge in [-0.25, -0.2) is 27.8 Å². The van der Waals surface area contributed by atoms with E-state index in [-0.39, 0.29) is 23.9 Å². The zero-order chi connectivity index (χ0) is 25.0. The third-order valence-corrected chi connectivity index (χ3v) is 7.29. The molecule has 0 aliphatic heterocycles. The molecule has 0 radical (unpaired) electrons. The maximum atomic E-state index is 13.3. The molecular weight excluding hydrogens is 477 g/mol. The number of hydrogen-bond donors (Lipinski definition) is 0. The Labute approximate surface area is 201 Å². The molecule has 0 N–H and O–H groups in total. The monoisotopic (exact) mass is 499 g/mol. The van der Waals surface area contributed by atoms with E-state index in [1.807, 2.05) is 0 Å². The van der Waals surface area contributed by atoms with E-state index in [0.29, 0.717) is 22.9 Å². The van der Waals surface area contributed by atoms with E-state index in [9.17, 15) is 12.8 Å². The molecule has 1 atom stereocenters. The Balaban J connectivity index is 1.79. The van der Waals surface area contributed by atoms with Gasteiger partial charge in [0.2, 0.25) is 0 Å². The van der Waals surface area contributed by atoms with Crippen molar-refractivity contribution in [3.05, 3.63) is 66.6 Å². The van der Waals surface area contributed by atoms with Gasteiger partial charge in [0.05, 0.1) is 38.1 Å². The smallest absolute Gasteiger partial charge is 0.189 e. The average molecular weight is 500 g/mol. The summed E-state index contributed by atoms with van der Waals surface area (Å²) >= 11 is 0. The van der Waals surface area contributed by atoms with Crippen LogP contribution in [0.3, 0.4) is 0 Å². The highest BCUT2D eigenvalue weighted by atomic mass is 32.2. The first-order valence-corrected chi connectivity index (χ1v) is 12.2. The number of sulfone groups is 1. The molecule has 1 aromatic carbocycles. The molecule has 0 spiro atoms. The summed E-state index contributed by atoms with van der Waals surface area (Å²) in [5.41, 5.74) is 0.798. The fraction of sp³-hybridized carbons (Fsp3) is 0.273. The van der Waals surface area contributed by atoms with Gasteiger partial charge in [-0.05, 0) is 19.1 Å². The van der Waals surface area contributed by atoms with E-state index in [1.54, 1.807) is 22.8 Å². The maximum absolute atomic E-state index is 13.3. The first kappa shape index (κ1) is 24.1. The molecule has 3 aromatic heterocycles. The highest BCUT2D eigenvalue weighted by Crippen LogP contribution is 2.36. The van der Waals surface area contributed by atoms with E-state index in [1.165, 1.54) is 39.7 Å². The third-order valence-electron chi connectivity index (χ3n) is 5.23. The lowest BCUT2D eigenvalue weighted by molar-refractivity contribution is 0.390. The fourth-order valence-electron chi connectivity index (χ4n) is 3.43. The maximum Gasteiger partial charge on any atom is 0.189 e. The summed E-state index contributed by atoms with van der Waals surface area (Å²) < 4.78 is 52.4. The van der Waals surface area contributed by atoms with E-state index in [4.69, 9.17) is 9.47 Å². The number of halogens is 1. The molecule has 182 valence electrons. The number of para-hydroxylation sites is 1. The molecule has 11 nitrogen and oxygen atoms in total. The van der Waals surface area contributed by atoms with Gasteiger partial charge in [-0.3, -0.25) is 9.55 Å². The second-order valence-corrected chi connectivity index (χ2v) is 9.94. The number of hydrogen-bond acceptors (Lipinski definition) is 10. The molecule has 0 amide bonds. The number of rotatable bonds is 9. The molecule has 0 saturated carbocycles. The zero-order valence-corrected chi connectivity index (χ0v) is 20.0. The zero-order valence-electron chi connectivity index (χ0n) is 19.2. The van der Waals surface area contributed by atoms with Crippen LogP contribution >= 0.6 is 0 Å². The van der Waals surface area contributed by atoms with Crippen molar-refractivity contribution in [2.24, 2.45) is 0 Å². The molecule has 0 fully saturated rings. The Morgan fingerprint density at radius 2 is 1.69 bits per heavy atom. The molecular formula is C22H22FN7O4S. The minimum atomic E-state index is -3.77. The van der Waals surface area contributed by atoms with Crippen molar-refractivity contribution in [1.82, 2.24) is 34.7 Å². The Kier molecular flexibility index (Phi) is 6.96. The van der Waals surface area contributed by atoms with Gasteiger partial charge in [0.1, 0.15) is 34.5 Å². The van der Waals surface area contributed by atoms with Crippen LogP contribution < -0.4 is 9.47 Å². The van der Waals surface area contributed by atoms with Crippen molar-refractivity contribution < 1.29 is 22.3 Å². The van der Waals surface area contributed by atoms with Crippen molar-refractivity contribution in [3.8, 4) is 28.7 Å². The van der Waals surface area contributed by atoms with Crippen LogP contribution in [-0.4, -0.2) is 62.6 Å². The molecule has 4 rings (SSSR count). The van der Waals surface area contributed by atoms with Crippen LogP contribution in [0.1, 0.15) is 18.6 Å². The van der Waals surface area contributed by atoms with Gasteiger partial charge in [-0.1, -0.05) is 6.07 Å². The van der Waals surface area contributed by atoms with Gasteiger partial charge in [-0.15, -0.1) is 10.2 Å². The van der Waals surface area contributed by atoms with Gasteiger partial charge < -0.3 is 9.47 Å². The normalized spacial score (nSPS) is 12.3. The van der Waals surface area contributed by atoms with Crippen LogP contribution in [0.25, 0.3) is 17.2 Å². The highest BCUT2D eigenvalue weighted by molar-refractivity contribution is 7.91. The Morgan fingerprint density at radius 3 is 2.29 bits per heavy atom. The number of aromatic nitrogens is 7. The summed E-state index contributed by atoms with van der Waals surface area (Å²) in [5, 5.41) is 7.52. The molecule has 3 heterocycles. The summed E-state index contributed by atoms with van der Waals surface area (Å²) in [5.74, 6) is 0.390. The molecule has 0 bridgehead atoms. The number of benzene rings is 1. The topological polar surface area (TPSA) is 135 Å². The first-order valence-electron chi connectivity index (χ1n) is 10.4. The number of nitrogens with zero attached hydrogens (tertiary/aromatic N) is 7. The first-order chi connectivity index (χ1) is 16.8. The molecule has 4 aromatic rings. The van der Waals surface area contributed by atoms with Gasteiger partial charge in [-0.2, -0.15) is 0 Å². The van der Waals surface area contributed by atoms with Crippen molar-refractivity contribution in [2.45, 2.75) is 24.3 Å². The summed E-state index contributed by atoms with van der Waals surface area (Å²) in [4.78, 5) is 16.1. The highest BCUT2D eigenvalue weighted by Gasteiger charge is 2.29. The number of methoxy groups -OCH3 is 2. The van der Waals surface area contributed by atoms with Crippen molar-refractivity contribution in [2.75, 3.05) is 14.2 Å². The quantitative estimate of drug-likeness (QED) is 0.337. The molecule has 35 heavy (non-hydrogen) atoms. The number of ether oxygens (including phenoxy) is 2. The van der Waals surface area contributed by atoms with Gasteiger partial charge in [0.25, 0.3) is 0 Å². The molecule has 0 aliphatic carbocycles. The van der Waals surface area contributed by atoms with Crippen LogP contribution in [0.15, 0.2) is 49.2 Å². The predicted molar refractivity (Wildman–Crippen MR) is 123 cm³/mol. The van der Waals surface area contributed by atoms with Crippen LogP contribution in [0, 0.1) is 5.82 Å². The van der Waals surface area contributed by atoms with Crippen LogP contribution in [-0.2, 0) is 22.0 Å². The second kappa shape index (κ2) is 10.1. The lowest BCUT2D eigenvalue weighted by Crippen LogP contribution is -2.24. The van der Waals surface area contributed by atoms with E-state index < -0.39 is 26.7 Å². The van der Waals surface area contributed by atoms with Crippen molar-refractivity contribution >= 4 is 9.84 Å². The van der Waals surface area contributed by atoms with E-state index in [2.05, 4.69) is 30.1 Å². The van der Waals surface area contributed by atoms with E-state index >= 15 is 0 Å². The lowest BCUT2D eigenvalue weighted by Gasteiger charge is -2.18. The van der Waals surface area contributed by atoms with Crippen molar-refractivity contribution in [3.63, 3.8) is 0 Å². The second-order valence-electron chi connectivity index (χ2n) is 7.52. The Hall–Kier alpha value is -4.00. The Bertz CT molecular complexity index is 1390. The largest absolute Gasteiger partial charge is 0.494 e. The van der Waals surface area contributed by atoms with Gasteiger partial charge in [0, 0.05) is 18.8 Å². The van der Waals surface area contributed by atoms with Crippen molar-refractivity contribution in [1.29, 1.82) is 0 Å². The average Bonchev–Trinajstić information content (AvgIpc) is 3.27. The summed E-state index contributed by atoms with van der Waals surface area (Å²) in [7, 11) is -0.791. The summed E-state index contributed by atoms with van der Waals surface area (Å²) in [6.45, 7) is 1.54. The summed E-state index contributed by atoms with van der Waals surface area (Å²) in [6, 6.07) is 5.17. The third kappa shape index (κ3) is 5.09. The Morgan fingerprint density at radius 1 is 1.00 bits per heavy atom. The van der Waals surface area contributed by atoms with E-state index in [0.717, 1.165) is 12.4 Å². The standard InChI is InChI=1S/C22H22FN7O4S/c1-14(9-19-26-10-15(23)11-27-19)35(31,32)13-20-28-29-22(16-12-24-7-8-25-16)30(20)21-17(33-2)5-4-6-18(21)34-3/h4-8,10-12,14H,9,13H2,1-3H3/t14-/m1/s1. The molecule has 0 aliphatic rings. The van der Waals surface area contributed by atoms with Gasteiger partial charge >= 0.3 is 0 Å². The van der Waals surface area contributed by atoms with Crippen LogP contribution in [0.2, 0.25) is 0 Å². The molecule has 0 unspecified atom stereocenters. The molecule has 13 heteroatoms. The van der Waals surface area contributed by atoms with Crippen LogP contribution in [0.5, 0.6) is 11.5 Å². The fourth-order valence-corrected chi connectivity index (χ4v) is 4.66. The SMILES string of the molecule is COc1cccc(OC)c1-n1c(CS(=O)(=O)[C@H](C)Cc2ncc(F)cn2)nnc1-c1cnccn1. The molecule has 0 saturated heterocycles.